The van der Waals surface area contributed by atoms with Crippen molar-refractivity contribution in [3.8, 4) is 11.3 Å². The lowest BCUT2D eigenvalue weighted by atomic mass is 9.80. The fourth-order valence-corrected chi connectivity index (χ4v) is 6.27. The summed E-state index contributed by atoms with van der Waals surface area (Å²) < 4.78 is 41.9. The number of carboxylic acid groups (broad SMARTS) is 1. The number of benzene rings is 1. The van der Waals surface area contributed by atoms with E-state index in [1.54, 1.807) is 12.1 Å². The Morgan fingerprint density at radius 3 is 2.31 bits per heavy atom. The smallest absolute Gasteiger partial charge is 0.408 e. The number of halogens is 3. The number of nitrogens with zero attached hydrogens (tertiary/aromatic N) is 1. The standard InChI is InChI=1S/C32H40F3N3O4/c1-18-26(29(40)37-25-14-23(15-25)30(41)42)16-27(38(18)17-20-7-5-4-6-8-20)21-11-22(13-24(12-21)31(3)9-10-31)28(39)36-19(2)32(33,34)35/h11-13,16,19-20,23,25H,4-10,14-15,17H2,1-3H3,(H,36,39)(H,37,40)(H,41,42)/t19-,23?,25?/m0/s1. The zero-order chi connectivity index (χ0) is 30.4. The number of aliphatic carboxylic acids is 1. The molecular formula is C32H40F3N3O4. The number of carbonyl (C=O) groups is 3. The SMILES string of the molecule is Cc1c(C(=O)NC2CC(C(=O)O)C2)cc(-c2cc(C(=O)N[C@@H](C)C(F)(F)F)cc(C3(C)CC3)c2)n1CC1CCCCC1. The highest BCUT2D eigenvalue weighted by Gasteiger charge is 2.41. The number of nitrogens with one attached hydrogen (secondary N) is 2. The minimum atomic E-state index is -4.56. The molecule has 3 N–H and O–H groups in total. The van der Waals surface area contributed by atoms with Crippen molar-refractivity contribution in [3.63, 3.8) is 0 Å². The van der Waals surface area contributed by atoms with Crippen LogP contribution in [0.1, 0.15) is 104 Å². The average molecular weight is 588 g/mol. The van der Waals surface area contributed by atoms with Gasteiger partial charge in [-0.05, 0) is 99.1 Å². The number of aromatic nitrogens is 1. The molecule has 3 aliphatic rings. The van der Waals surface area contributed by atoms with Crippen LogP contribution < -0.4 is 10.6 Å². The van der Waals surface area contributed by atoms with Crippen LogP contribution >= 0.6 is 0 Å². The Labute approximate surface area is 244 Å². The fourth-order valence-electron chi connectivity index (χ4n) is 6.27. The maximum absolute atomic E-state index is 13.4. The van der Waals surface area contributed by atoms with E-state index in [0.29, 0.717) is 36.4 Å². The maximum Gasteiger partial charge on any atom is 0.408 e. The molecule has 5 rings (SSSR count). The van der Waals surface area contributed by atoms with Crippen LogP contribution in [0, 0.1) is 18.8 Å². The summed E-state index contributed by atoms with van der Waals surface area (Å²) in [7, 11) is 0. The maximum atomic E-state index is 13.4. The number of hydrogen-bond donors (Lipinski definition) is 3. The third-order valence-electron chi connectivity index (χ3n) is 9.63. The first-order valence-electron chi connectivity index (χ1n) is 15.0. The first-order valence-corrected chi connectivity index (χ1v) is 15.0. The molecule has 7 nitrogen and oxygen atoms in total. The van der Waals surface area contributed by atoms with Gasteiger partial charge in [-0.3, -0.25) is 14.4 Å². The lowest BCUT2D eigenvalue weighted by Crippen LogP contribution is -2.46. The van der Waals surface area contributed by atoms with Crippen LogP contribution in [0.5, 0.6) is 0 Å². The van der Waals surface area contributed by atoms with Crippen LogP contribution in [-0.2, 0) is 16.8 Å². The minimum Gasteiger partial charge on any atom is -0.481 e. The van der Waals surface area contributed by atoms with Gasteiger partial charge in [0.15, 0.2) is 0 Å². The summed E-state index contributed by atoms with van der Waals surface area (Å²) in [5, 5.41) is 14.3. The first kappa shape index (κ1) is 30.2. The molecule has 1 aromatic heterocycles. The Bertz CT molecular complexity index is 1370. The zero-order valence-corrected chi connectivity index (χ0v) is 24.4. The van der Waals surface area contributed by atoms with Crippen molar-refractivity contribution in [2.45, 2.75) is 109 Å². The highest BCUT2D eigenvalue weighted by molar-refractivity contribution is 5.98. The van der Waals surface area contributed by atoms with Gasteiger partial charge in [0, 0.05) is 29.5 Å². The molecule has 0 saturated heterocycles. The third kappa shape index (κ3) is 6.37. The number of carboxylic acids is 1. The van der Waals surface area contributed by atoms with Gasteiger partial charge in [0.1, 0.15) is 6.04 Å². The summed E-state index contributed by atoms with van der Waals surface area (Å²) in [6, 6.07) is 4.95. The molecule has 1 aromatic carbocycles. The molecule has 3 saturated carbocycles. The van der Waals surface area contributed by atoms with Crippen molar-refractivity contribution in [1.82, 2.24) is 15.2 Å². The van der Waals surface area contributed by atoms with Gasteiger partial charge < -0.3 is 20.3 Å². The second kappa shape index (κ2) is 11.4. The Hall–Kier alpha value is -3.30. The molecule has 2 amide bonds. The molecule has 228 valence electrons. The number of carbonyl (C=O) groups excluding carboxylic acids is 2. The van der Waals surface area contributed by atoms with E-state index < -0.39 is 30.0 Å². The van der Waals surface area contributed by atoms with Crippen molar-refractivity contribution in [2.75, 3.05) is 0 Å². The van der Waals surface area contributed by atoms with Gasteiger partial charge in [-0.25, -0.2) is 0 Å². The summed E-state index contributed by atoms with van der Waals surface area (Å²) in [6.45, 7) is 5.61. The molecule has 3 fully saturated rings. The van der Waals surface area contributed by atoms with Gasteiger partial charge in [0.05, 0.1) is 11.5 Å². The quantitative estimate of drug-likeness (QED) is 0.318. The van der Waals surface area contributed by atoms with Crippen molar-refractivity contribution >= 4 is 17.8 Å². The summed E-state index contributed by atoms with van der Waals surface area (Å²) in [4.78, 5) is 37.7. The summed E-state index contributed by atoms with van der Waals surface area (Å²) in [6.07, 6.45) is 3.74. The normalized spacial score (nSPS) is 22.6. The lowest BCUT2D eigenvalue weighted by Gasteiger charge is -2.32. The fraction of sp³-hybridized carbons (Fsp3) is 0.594. The lowest BCUT2D eigenvalue weighted by molar-refractivity contribution is -0.149. The van der Waals surface area contributed by atoms with Crippen LogP contribution in [0.2, 0.25) is 0 Å². The Kier molecular flexibility index (Phi) is 8.20. The molecule has 0 unspecified atom stereocenters. The van der Waals surface area contributed by atoms with Crippen molar-refractivity contribution in [2.24, 2.45) is 11.8 Å². The monoisotopic (exact) mass is 587 g/mol. The molecule has 10 heteroatoms. The largest absolute Gasteiger partial charge is 0.481 e. The second-order valence-corrected chi connectivity index (χ2v) is 12.9. The van der Waals surface area contributed by atoms with Gasteiger partial charge in [0.25, 0.3) is 11.8 Å². The number of hydrogen-bond acceptors (Lipinski definition) is 3. The molecule has 1 heterocycles. The molecule has 0 radical (unpaired) electrons. The Balaban J connectivity index is 1.52. The topological polar surface area (TPSA) is 100 Å². The summed E-state index contributed by atoms with van der Waals surface area (Å²) >= 11 is 0. The Morgan fingerprint density at radius 2 is 1.71 bits per heavy atom. The van der Waals surface area contributed by atoms with Gasteiger partial charge in [-0.15, -0.1) is 0 Å². The van der Waals surface area contributed by atoms with Crippen LogP contribution in [0.3, 0.4) is 0 Å². The molecule has 2 aromatic rings. The van der Waals surface area contributed by atoms with Gasteiger partial charge in [-0.2, -0.15) is 13.2 Å². The summed E-state index contributed by atoms with van der Waals surface area (Å²) in [5.74, 6) is -1.93. The number of amides is 2. The molecule has 0 aliphatic heterocycles. The molecule has 0 spiro atoms. The van der Waals surface area contributed by atoms with E-state index in [1.165, 1.54) is 6.42 Å². The van der Waals surface area contributed by atoms with E-state index in [2.05, 4.69) is 22.1 Å². The number of alkyl halides is 3. The van der Waals surface area contributed by atoms with E-state index in [1.807, 2.05) is 19.1 Å². The first-order chi connectivity index (χ1) is 19.7. The number of rotatable bonds is 9. The van der Waals surface area contributed by atoms with E-state index in [0.717, 1.165) is 62.4 Å². The van der Waals surface area contributed by atoms with E-state index in [9.17, 15) is 32.7 Å². The zero-order valence-electron chi connectivity index (χ0n) is 24.4. The van der Waals surface area contributed by atoms with Crippen molar-refractivity contribution in [3.05, 3.63) is 46.6 Å². The van der Waals surface area contributed by atoms with Crippen LogP contribution in [0.25, 0.3) is 11.3 Å². The predicted molar refractivity (Wildman–Crippen MR) is 152 cm³/mol. The van der Waals surface area contributed by atoms with Crippen molar-refractivity contribution in [1.29, 1.82) is 0 Å². The van der Waals surface area contributed by atoms with Gasteiger partial charge in [0.2, 0.25) is 0 Å². The molecule has 1 atom stereocenters. The van der Waals surface area contributed by atoms with Crippen LogP contribution in [0.4, 0.5) is 13.2 Å². The molecule has 42 heavy (non-hydrogen) atoms. The third-order valence-corrected chi connectivity index (χ3v) is 9.63. The highest BCUT2D eigenvalue weighted by atomic mass is 19.4. The van der Waals surface area contributed by atoms with Gasteiger partial charge in [-0.1, -0.05) is 26.2 Å². The van der Waals surface area contributed by atoms with Gasteiger partial charge >= 0.3 is 12.1 Å². The average Bonchev–Trinajstić information content (AvgIpc) is 3.59. The molecular weight excluding hydrogens is 547 g/mol. The second-order valence-electron chi connectivity index (χ2n) is 12.9. The highest BCUT2D eigenvalue weighted by Crippen LogP contribution is 2.49. The van der Waals surface area contributed by atoms with Crippen molar-refractivity contribution < 1.29 is 32.7 Å². The molecule has 0 bridgehead atoms. The van der Waals surface area contributed by atoms with E-state index >= 15 is 0 Å². The summed E-state index contributed by atoms with van der Waals surface area (Å²) in [5.41, 5.74) is 3.62. The van der Waals surface area contributed by atoms with E-state index in [-0.39, 0.29) is 22.9 Å². The molecule has 3 aliphatic carbocycles. The minimum absolute atomic E-state index is 0.151. The Morgan fingerprint density at radius 1 is 1.05 bits per heavy atom. The van der Waals surface area contributed by atoms with Crippen LogP contribution in [-0.4, -0.2) is 45.7 Å². The predicted octanol–water partition coefficient (Wildman–Crippen LogP) is 6.37. The van der Waals surface area contributed by atoms with E-state index in [4.69, 9.17) is 0 Å². The van der Waals surface area contributed by atoms with Crippen LogP contribution in [0.15, 0.2) is 24.3 Å².